The lowest BCUT2D eigenvalue weighted by Gasteiger charge is -2.25. The maximum absolute atomic E-state index is 6.35. The summed E-state index contributed by atoms with van der Waals surface area (Å²) in [6.07, 6.45) is 0. The summed E-state index contributed by atoms with van der Waals surface area (Å²) in [6, 6.07) is 24.6. The van der Waals surface area contributed by atoms with Gasteiger partial charge in [-0.05, 0) is 68.3 Å². The number of rotatable bonds is 5. The molecule has 0 heterocycles. The Bertz CT molecular complexity index is 949. The van der Waals surface area contributed by atoms with Crippen LogP contribution in [-0.2, 0) is 0 Å². The van der Waals surface area contributed by atoms with Crippen LogP contribution in [0.15, 0.2) is 60.7 Å². The van der Waals surface area contributed by atoms with Crippen LogP contribution < -0.4 is 14.5 Å². The molecule has 0 N–H and O–H groups in total. The quantitative estimate of drug-likeness (QED) is 0.524. The van der Waals surface area contributed by atoms with Crippen LogP contribution in [0.25, 0.3) is 22.3 Å². The molecule has 151 valence electrons. The fourth-order valence-electron chi connectivity index (χ4n) is 3.26. The first-order valence-corrected chi connectivity index (χ1v) is 9.95. The van der Waals surface area contributed by atoms with Crippen LogP contribution in [0.1, 0.15) is 20.8 Å². The summed E-state index contributed by atoms with van der Waals surface area (Å²) in [5.41, 5.74) is 6.43. The highest BCUT2D eigenvalue weighted by atomic mass is 16.5. The van der Waals surface area contributed by atoms with Gasteiger partial charge in [-0.1, -0.05) is 30.3 Å². The van der Waals surface area contributed by atoms with E-state index in [9.17, 15) is 0 Å². The third kappa shape index (κ3) is 4.92. The van der Waals surface area contributed by atoms with Crippen LogP contribution >= 0.6 is 0 Å². The summed E-state index contributed by atoms with van der Waals surface area (Å²) in [5.74, 6) is 0.875. The zero-order valence-electron chi connectivity index (χ0n) is 18.6. The van der Waals surface area contributed by atoms with Crippen molar-refractivity contribution >= 4 is 11.4 Å². The van der Waals surface area contributed by atoms with Gasteiger partial charge in [-0.25, -0.2) is 0 Å². The predicted octanol–water partition coefficient (Wildman–Crippen LogP) is 6.13. The number of nitrogens with zero attached hydrogens (tertiary/aromatic N) is 2. The molecular weight excluding hydrogens is 356 g/mol. The third-order valence-electron chi connectivity index (χ3n) is 4.72. The molecule has 0 atom stereocenters. The maximum atomic E-state index is 6.35. The second kappa shape index (κ2) is 8.20. The zero-order valence-corrected chi connectivity index (χ0v) is 18.6. The standard InChI is InChI=1S/C26H31N2O/c1-26(2,3)29-24-10-8-9-23(19-11-15-21(16-12-19)27(4)5)25(24)20-13-17-22(18-14-20)28(6)7/h8,10-18H,1-7H3. The van der Waals surface area contributed by atoms with E-state index in [4.69, 9.17) is 4.74 Å². The van der Waals surface area contributed by atoms with Gasteiger partial charge < -0.3 is 14.5 Å². The van der Waals surface area contributed by atoms with E-state index in [0.717, 1.165) is 28.0 Å². The van der Waals surface area contributed by atoms with Crippen LogP contribution in [0.3, 0.4) is 0 Å². The molecule has 0 aromatic heterocycles. The van der Waals surface area contributed by atoms with Gasteiger partial charge in [0.2, 0.25) is 0 Å². The largest absolute Gasteiger partial charge is 0.487 e. The normalized spacial score (nSPS) is 11.3. The Morgan fingerprint density at radius 3 is 1.62 bits per heavy atom. The summed E-state index contributed by atoms with van der Waals surface area (Å²) < 4.78 is 6.35. The molecule has 1 radical (unpaired) electrons. The molecule has 0 aliphatic rings. The van der Waals surface area contributed by atoms with Gasteiger partial charge in [0.25, 0.3) is 0 Å². The van der Waals surface area contributed by atoms with Crippen LogP contribution in [0.4, 0.5) is 11.4 Å². The van der Waals surface area contributed by atoms with Crippen molar-refractivity contribution in [2.24, 2.45) is 0 Å². The van der Waals surface area contributed by atoms with E-state index >= 15 is 0 Å². The van der Waals surface area contributed by atoms with Crippen molar-refractivity contribution in [1.29, 1.82) is 0 Å². The van der Waals surface area contributed by atoms with Crippen molar-refractivity contribution in [3.8, 4) is 28.0 Å². The van der Waals surface area contributed by atoms with Gasteiger partial charge in [0.1, 0.15) is 11.4 Å². The molecule has 3 heteroatoms. The second-order valence-corrected chi connectivity index (χ2v) is 8.69. The van der Waals surface area contributed by atoms with Crippen LogP contribution in [0, 0.1) is 6.07 Å². The smallest absolute Gasteiger partial charge is 0.128 e. The van der Waals surface area contributed by atoms with Crippen LogP contribution in [0.5, 0.6) is 5.75 Å². The topological polar surface area (TPSA) is 15.7 Å². The molecule has 3 aromatic carbocycles. The molecule has 0 aliphatic carbocycles. The highest BCUT2D eigenvalue weighted by molar-refractivity contribution is 5.88. The molecule has 0 aliphatic heterocycles. The lowest BCUT2D eigenvalue weighted by molar-refractivity contribution is 0.132. The van der Waals surface area contributed by atoms with Crippen molar-refractivity contribution in [3.63, 3.8) is 0 Å². The number of benzene rings is 3. The van der Waals surface area contributed by atoms with E-state index in [2.05, 4.69) is 113 Å². The second-order valence-electron chi connectivity index (χ2n) is 8.69. The summed E-state index contributed by atoms with van der Waals surface area (Å²) >= 11 is 0. The number of ether oxygens (including phenoxy) is 1. The minimum Gasteiger partial charge on any atom is -0.487 e. The summed E-state index contributed by atoms with van der Waals surface area (Å²) in [4.78, 5) is 4.21. The SMILES string of the molecule is CN(C)c1ccc(-c2[c]ccc(OC(C)(C)C)c2-c2ccc(N(C)C)cc2)cc1. The third-order valence-corrected chi connectivity index (χ3v) is 4.72. The molecule has 0 amide bonds. The van der Waals surface area contributed by atoms with Crippen molar-refractivity contribution in [2.45, 2.75) is 26.4 Å². The molecule has 0 saturated carbocycles. The van der Waals surface area contributed by atoms with E-state index < -0.39 is 0 Å². The maximum Gasteiger partial charge on any atom is 0.128 e. The molecule has 0 saturated heterocycles. The number of anilines is 2. The van der Waals surface area contributed by atoms with Crippen molar-refractivity contribution in [1.82, 2.24) is 0 Å². The molecule has 3 aromatic rings. The van der Waals surface area contributed by atoms with Gasteiger partial charge in [-0.15, -0.1) is 0 Å². The van der Waals surface area contributed by atoms with E-state index in [1.54, 1.807) is 0 Å². The predicted molar refractivity (Wildman–Crippen MR) is 125 cm³/mol. The van der Waals surface area contributed by atoms with E-state index in [1.165, 1.54) is 11.4 Å². The van der Waals surface area contributed by atoms with E-state index in [1.807, 2.05) is 12.1 Å². The lowest BCUT2D eigenvalue weighted by Crippen LogP contribution is -2.23. The fraction of sp³-hybridized carbons (Fsp3) is 0.308. The first kappa shape index (κ1) is 20.8. The van der Waals surface area contributed by atoms with Crippen LogP contribution in [0.2, 0.25) is 0 Å². The van der Waals surface area contributed by atoms with Gasteiger partial charge in [0.15, 0.2) is 0 Å². The first-order chi connectivity index (χ1) is 13.7. The lowest BCUT2D eigenvalue weighted by atomic mass is 9.93. The molecule has 0 spiro atoms. The van der Waals surface area contributed by atoms with Gasteiger partial charge >= 0.3 is 0 Å². The van der Waals surface area contributed by atoms with Gasteiger partial charge in [-0.3, -0.25) is 0 Å². The van der Waals surface area contributed by atoms with Crippen LogP contribution in [-0.4, -0.2) is 33.8 Å². The minimum absolute atomic E-state index is 0.286. The molecule has 3 rings (SSSR count). The molecule has 0 unspecified atom stereocenters. The summed E-state index contributed by atoms with van der Waals surface area (Å²) in [6.45, 7) is 6.23. The zero-order chi connectivity index (χ0) is 21.2. The Morgan fingerprint density at radius 1 is 0.690 bits per heavy atom. The van der Waals surface area contributed by atoms with Crippen molar-refractivity contribution < 1.29 is 4.74 Å². The fourth-order valence-corrected chi connectivity index (χ4v) is 3.26. The average molecular weight is 388 g/mol. The summed E-state index contributed by atoms with van der Waals surface area (Å²) in [5, 5.41) is 0. The average Bonchev–Trinajstić information content (AvgIpc) is 2.67. The molecule has 0 bridgehead atoms. The Balaban J connectivity index is 2.16. The Labute approximate surface area is 175 Å². The molecule has 0 fully saturated rings. The van der Waals surface area contributed by atoms with Gasteiger partial charge in [0, 0.05) is 50.7 Å². The van der Waals surface area contributed by atoms with Gasteiger partial charge in [-0.2, -0.15) is 0 Å². The Hall–Kier alpha value is -2.94. The van der Waals surface area contributed by atoms with Crippen molar-refractivity contribution in [2.75, 3.05) is 38.0 Å². The first-order valence-electron chi connectivity index (χ1n) is 9.95. The number of hydrogen-bond acceptors (Lipinski definition) is 3. The monoisotopic (exact) mass is 387 g/mol. The molecular formula is C26H31N2O. The summed E-state index contributed by atoms with van der Waals surface area (Å²) in [7, 11) is 8.21. The highest BCUT2D eigenvalue weighted by Gasteiger charge is 2.19. The molecule has 3 nitrogen and oxygen atoms in total. The highest BCUT2D eigenvalue weighted by Crippen LogP contribution is 2.41. The van der Waals surface area contributed by atoms with Gasteiger partial charge in [0.05, 0.1) is 0 Å². The number of hydrogen-bond donors (Lipinski definition) is 0. The van der Waals surface area contributed by atoms with Crippen molar-refractivity contribution in [3.05, 3.63) is 66.7 Å². The Kier molecular flexibility index (Phi) is 5.88. The molecule has 29 heavy (non-hydrogen) atoms. The van der Waals surface area contributed by atoms with E-state index in [0.29, 0.717) is 0 Å². The Morgan fingerprint density at radius 2 is 1.17 bits per heavy atom. The minimum atomic E-state index is -0.286. The van der Waals surface area contributed by atoms with E-state index in [-0.39, 0.29) is 5.60 Å².